The van der Waals surface area contributed by atoms with Crippen molar-refractivity contribution in [1.29, 1.82) is 0 Å². The lowest BCUT2D eigenvalue weighted by Crippen LogP contribution is -2.37. The Labute approximate surface area is 177 Å². The highest BCUT2D eigenvalue weighted by atomic mass is 15.1. The number of hydrogen-bond acceptors (Lipinski definition) is 0. The third-order valence-corrected chi connectivity index (χ3v) is 6.05. The Hall–Kier alpha value is -2.35. The van der Waals surface area contributed by atoms with Gasteiger partial charge in [0.1, 0.15) is 11.9 Å². The van der Waals surface area contributed by atoms with E-state index in [1.807, 2.05) is 0 Å². The van der Waals surface area contributed by atoms with E-state index in [1.165, 1.54) is 54.7 Å². The predicted molar refractivity (Wildman–Crippen MR) is 122 cm³/mol. The summed E-state index contributed by atoms with van der Waals surface area (Å²) in [5, 5.41) is 0. The van der Waals surface area contributed by atoms with Crippen LogP contribution in [0, 0.1) is 0 Å². The van der Waals surface area contributed by atoms with Crippen LogP contribution in [0.2, 0.25) is 0 Å². The Balaban J connectivity index is 1.78. The molecule has 3 rings (SSSR count). The van der Waals surface area contributed by atoms with Crippen LogP contribution in [0.1, 0.15) is 74.5 Å². The summed E-state index contributed by atoms with van der Waals surface area (Å²) in [4.78, 5) is 0. The monoisotopic (exact) mass is 389 g/mol. The average Bonchev–Trinajstić information content (AvgIpc) is 3.04. The maximum Gasteiger partial charge on any atom is 0.260 e. The highest BCUT2D eigenvalue weighted by Crippen LogP contribution is 2.20. The van der Waals surface area contributed by atoms with Gasteiger partial charge < -0.3 is 0 Å². The maximum atomic E-state index is 2.52. The minimum atomic E-state index is 0.521. The number of nitrogens with zero attached hydrogens (tertiary/aromatic N) is 2. The minimum Gasteiger partial charge on any atom is -0.234 e. The number of aryl methyl sites for hydroxylation is 1. The molecule has 1 atom stereocenters. The Kier molecular flexibility index (Phi) is 8.10. The van der Waals surface area contributed by atoms with Gasteiger partial charge in [-0.25, -0.2) is 9.13 Å². The second-order valence-corrected chi connectivity index (χ2v) is 8.38. The smallest absolute Gasteiger partial charge is 0.234 e. The van der Waals surface area contributed by atoms with Gasteiger partial charge in [-0.3, -0.25) is 0 Å². The lowest BCUT2D eigenvalue weighted by Gasteiger charge is -2.10. The summed E-state index contributed by atoms with van der Waals surface area (Å²) in [5.41, 5.74) is 4.24. The zero-order valence-electron chi connectivity index (χ0n) is 18.5. The molecule has 1 heterocycles. The molecule has 2 aromatic carbocycles. The maximum absolute atomic E-state index is 2.52. The van der Waals surface area contributed by atoms with E-state index in [0.717, 1.165) is 19.4 Å². The van der Waals surface area contributed by atoms with Crippen LogP contribution in [0.5, 0.6) is 0 Å². The second-order valence-electron chi connectivity index (χ2n) is 8.38. The third kappa shape index (κ3) is 6.06. The fourth-order valence-corrected chi connectivity index (χ4v) is 4.18. The van der Waals surface area contributed by atoms with E-state index >= 15 is 0 Å². The number of unbranched alkanes of at least 4 members (excludes halogenated alkanes) is 4. The average molecular weight is 390 g/mol. The zero-order valence-corrected chi connectivity index (χ0v) is 18.5. The Morgan fingerprint density at radius 3 is 2.21 bits per heavy atom. The molecule has 0 saturated heterocycles. The number of imidazole rings is 1. The van der Waals surface area contributed by atoms with Crippen molar-refractivity contribution in [3.63, 3.8) is 0 Å². The van der Waals surface area contributed by atoms with Gasteiger partial charge in [-0.2, -0.15) is 0 Å². The molecule has 0 amide bonds. The number of benzene rings is 2. The molecule has 0 spiro atoms. The van der Waals surface area contributed by atoms with Crippen molar-refractivity contribution >= 4 is 0 Å². The molecular weight excluding hydrogens is 352 g/mol. The van der Waals surface area contributed by atoms with E-state index in [-0.39, 0.29) is 0 Å². The molecule has 1 aromatic heterocycles. The highest BCUT2D eigenvalue weighted by Gasteiger charge is 2.22. The standard InChI is InChI=1S/C27H37N2/c1-4-5-6-7-14-19-29-22-26(20-23(2)25-17-12-9-13-18-25)28(3)27(29)21-24-15-10-8-11-16-24/h8-13,15-18,22-23H,4-7,14,19-21H2,1-3H3/q+1. The highest BCUT2D eigenvalue weighted by molar-refractivity contribution is 5.21. The van der Waals surface area contributed by atoms with Crippen LogP contribution >= 0.6 is 0 Å². The summed E-state index contributed by atoms with van der Waals surface area (Å²) in [5.74, 6) is 1.94. The van der Waals surface area contributed by atoms with Crippen molar-refractivity contribution < 1.29 is 4.57 Å². The van der Waals surface area contributed by atoms with E-state index in [4.69, 9.17) is 0 Å². The molecule has 0 aliphatic rings. The van der Waals surface area contributed by atoms with Crippen LogP contribution in [-0.4, -0.2) is 4.57 Å². The Morgan fingerprint density at radius 1 is 0.862 bits per heavy atom. The van der Waals surface area contributed by atoms with Crippen LogP contribution in [0.25, 0.3) is 0 Å². The summed E-state index contributed by atoms with van der Waals surface area (Å²) in [7, 11) is 2.25. The van der Waals surface area contributed by atoms with Crippen LogP contribution in [0.15, 0.2) is 66.9 Å². The van der Waals surface area contributed by atoms with Gasteiger partial charge in [-0.1, -0.05) is 93.8 Å². The van der Waals surface area contributed by atoms with E-state index in [0.29, 0.717) is 5.92 Å². The number of rotatable bonds is 11. The predicted octanol–water partition coefficient (Wildman–Crippen LogP) is 6.22. The summed E-state index contributed by atoms with van der Waals surface area (Å²) in [6.45, 7) is 5.75. The summed E-state index contributed by atoms with van der Waals surface area (Å²) in [6, 6.07) is 21.8. The summed E-state index contributed by atoms with van der Waals surface area (Å²) in [6.07, 6.45) is 11.1. The number of aromatic nitrogens is 2. The fourth-order valence-electron chi connectivity index (χ4n) is 4.18. The van der Waals surface area contributed by atoms with Crippen LogP contribution in [0.4, 0.5) is 0 Å². The summed E-state index contributed by atoms with van der Waals surface area (Å²) < 4.78 is 4.96. The van der Waals surface area contributed by atoms with Crippen molar-refractivity contribution in [3.8, 4) is 0 Å². The molecule has 0 fully saturated rings. The van der Waals surface area contributed by atoms with Crippen molar-refractivity contribution in [2.45, 2.75) is 71.3 Å². The van der Waals surface area contributed by atoms with Gasteiger partial charge in [0.05, 0.1) is 20.0 Å². The first-order valence-corrected chi connectivity index (χ1v) is 11.3. The van der Waals surface area contributed by atoms with Gasteiger partial charge in [0.2, 0.25) is 0 Å². The topological polar surface area (TPSA) is 8.81 Å². The second kappa shape index (κ2) is 11.0. The van der Waals surface area contributed by atoms with E-state index in [1.54, 1.807) is 0 Å². The normalized spacial score (nSPS) is 12.2. The van der Waals surface area contributed by atoms with Gasteiger partial charge in [-0.05, 0) is 29.9 Å². The number of hydrogen-bond donors (Lipinski definition) is 0. The third-order valence-electron chi connectivity index (χ3n) is 6.05. The zero-order chi connectivity index (χ0) is 20.5. The van der Waals surface area contributed by atoms with Crippen LogP contribution in [-0.2, 0) is 26.4 Å². The van der Waals surface area contributed by atoms with Crippen molar-refractivity contribution in [2.75, 3.05) is 0 Å². The molecule has 1 unspecified atom stereocenters. The van der Waals surface area contributed by atoms with Crippen LogP contribution < -0.4 is 4.57 Å². The van der Waals surface area contributed by atoms with E-state index in [2.05, 4.69) is 96.9 Å². The van der Waals surface area contributed by atoms with Gasteiger partial charge >= 0.3 is 0 Å². The Morgan fingerprint density at radius 2 is 1.52 bits per heavy atom. The Bertz CT molecular complexity index is 849. The van der Waals surface area contributed by atoms with Crippen molar-refractivity contribution in [3.05, 3.63) is 89.5 Å². The molecule has 0 aliphatic heterocycles. The first-order chi connectivity index (χ1) is 14.2. The van der Waals surface area contributed by atoms with Gasteiger partial charge in [0.25, 0.3) is 5.82 Å². The van der Waals surface area contributed by atoms with Gasteiger partial charge in [0, 0.05) is 6.42 Å². The molecule has 0 aliphatic carbocycles. The van der Waals surface area contributed by atoms with Crippen molar-refractivity contribution in [2.24, 2.45) is 7.05 Å². The molecule has 0 saturated carbocycles. The molecular formula is C27H37N2+. The van der Waals surface area contributed by atoms with Crippen LogP contribution in [0.3, 0.4) is 0 Å². The minimum absolute atomic E-state index is 0.521. The first kappa shape index (κ1) is 21.4. The van der Waals surface area contributed by atoms with Gasteiger partial charge in [0.15, 0.2) is 0 Å². The van der Waals surface area contributed by atoms with E-state index < -0.39 is 0 Å². The molecule has 3 aromatic rings. The molecule has 2 nitrogen and oxygen atoms in total. The van der Waals surface area contributed by atoms with Crippen molar-refractivity contribution in [1.82, 2.24) is 4.57 Å². The molecule has 0 radical (unpaired) electrons. The largest absolute Gasteiger partial charge is 0.260 e. The molecule has 0 bridgehead atoms. The quantitative estimate of drug-likeness (QED) is 0.272. The molecule has 0 N–H and O–H groups in total. The summed E-state index contributed by atoms with van der Waals surface area (Å²) >= 11 is 0. The molecule has 29 heavy (non-hydrogen) atoms. The molecule has 2 heteroatoms. The molecule has 154 valence electrons. The SMILES string of the molecule is CCCCCCCn1cc(CC(C)c2ccccc2)[n+](C)c1Cc1ccccc1. The van der Waals surface area contributed by atoms with E-state index in [9.17, 15) is 0 Å². The first-order valence-electron chi connectivity index (χ1n) is 11.3. The fraction of sp³-hybridized carbons (Fsp3) is 0.444. The van der Waals surface area contributed by atoms with Gasteiger partial charge in [-0.15, -0.1) is 0 Å². The lowest BCUT2D eigenvalue weighted by atomic mass is 9.96. The lowest BCUT2D eigenvalue weighted by molar-refractivity contribution is -0.685.